The molecule has 1 saturated carbocycles. The summed E-state index contributed by atoms with van der Waals surface area (Å²) in [5, 5.41) is 26.2. The second-order valence-electron chi connectivity index (χ2n) is 14.0. The van der Waals surface area contributed by atoms with E-state index < -0.39 is 64.4 Å². The molecule has 1 fully saturated rings. The molecule has 1 aliphatic rings. The van der Waals surface area contributed by atoms with Gasteiger partial charge in [-0.15, -0.1) is 0 Å². The molecule has 0 heterocycles. The monoisotopic (exact) mass is 743 g/mol. The van der Waals surface area contributed by atoms with Crippen LogP contribution in [0.1, 0.15) is 88.0 Å². The highest BCUT2D eigenvalue weighted by molar-refractivity contribution is 7.89. The minimum atomic E-state index is -3.99. The number of alkyl carbamates (subject to hydrolysis) is 1. The summed E-state index contributed by atoms with van der Waals surface area (Å²) in [5.41, 5.74) is 1.62. The Bertz CT molecular complexity index is 1660. The minimum absolute atomic E-state index is 0.0724. The number of carbonyl (C=O) groups excluding carboxylic acids is 2. The van der Waals surface area contributed by atoms with E-state index >= 15 is 0 Å². The number of nitrogens with one attached hydrogen (secondary N) is 2. The van der Waals surface area contributed by atoms with Crippen LogP contribution in [0.25, 0.3) is 0 Å². The fourth-order valence-electron chi connectivity index (χ4n) is 6.44. The lowest BCUT2D eigenvalue weighted by molar-refractivity contribution is -0.124. The molecule has 4 N–H and O–H groups in total. The van der Waals surface area contributed by atoms with Gasteiger partial charge in [0.05, 0.1) is 24.7 Å². The highest BCUT2D eigenvalue weighted by Crippen LogP contribution is 2.36. The molecule has 4 rings (SSSR count). The zero-order valence-electron chi connectivity index (χ0n) is 30.2. The lowest BCUT2D eigenvalue weighted by atomic mass is 9.84. The van der Waals surface area contributed by atoms with Gasteiger partial charge < -0.3 is 25.6 Å². The SMILES string of the molecule is COC(=O)N[C@H](C(=O)N[C@H](CCC[C@@H](CO)N(CCC(C)C)S(=O)(=O)c1ccc([C@@H](C)O)cc1)C1CC1)C(c1ccc(F)cc1)c1ccc(F)cc1. The van der Waals surface area contributed by atoms with Crippen LogP contribution in [-0.2, 0) is 19.6 Å². The third-order valence-corrected chi connectivity index (χ3v) is 11.6. The van der Waals surface area contributed by atoms with Crippen LogP contribution in [0.3, 0.4) is 0 Å². The Morgan fingerprint density at radius 2 is 1.38 bits per heavy atom. The Hall–Kier alpha value is -3.91. The highest BCUT2D eigenvalue weighted by Gasteiger charge is 2.38. The van der Waals surface area contributed by atoms with Gasteiger partial charge in [0, 0.05) is 24.5 Å². The smallest absolute Gasteiger partial charge is 0.407 e. The van der Waals surface area contributed by atoms with Crippen LogP contribution in [0.2, 0.25) is 0 Å². The Morgan fingerprint density at radius 3 is 1.85 bits per heavy atom. The van der Waals surface area contributed by atoms with E-state index in [4.69, 9.17) is 4.74 Å². The second-order valence-corrected chi connectivity index (χ2v) is 15.8. The van der Waals surface area contributed by atoms with Gasteiger partial charge in [0.1, 0.15) is 17.7 Å². The molecule has 10 nitrogen and oxygen atoms in total. The quantitative estimate of drug-likeness (QED) is 0.117. The molecule has 3 aromatic carbocycles. The Balaban J connectivity index is 1.55. The van der Waals surface area contributed by atoms with Gasteiger partial charge in [0.25, 0.3) is 0 Å². The van der Waals surface area contributed by atoms with Crippen LogP contribution >= 0.6 is 0 Å². The van der Waals surface area contributed by atoms with E-state index in [2.05, 4.69) is 10.6 Å². The maximum Gasteiger partial charge on any atom is 0.407 e. The minimum Gasteiger partial charge on any atom is -0.453 e. The van der Waals surface area contributed by atoms with Crippen molar-refractivity contribution in [2.75, 3.05) is 20.3 Å². The van der Waals surface area contributed by atoms with E-state index in [9.17, 15) is 37.0 Å². The maximum atomic E-state index is 14.2. The number of nitrogens with zero attached hydrogens (tertiary/aromatic N) is 1. The highest BCUT2D eigenvalue weighted by atomic mass is 32.2. The predicted molar refractivity (Wildman–Crippen MR) is 194 cm³/mol. The summed E-state index contributed by atoms with van der Waals surface area (Å²) in [5.74, 6) is -1.93. The first-order valence-corrected chi connectivity index (χ1v) is 19.3. The van der Waals surface area contributed by atoms with E-state index in [1.807, 2.05) is 13.8 Å². The molecule has 1 aliphatic carbocycles. The summed E-state index contributed by atoms with van der Waals surface area (Å²) in [6.07, 6.45) is 2.03. The molecule has 3 aromatic rings. The van der Waals surface area contributed by atoms with Crippen molar-refractivity contribution >= 4 is 22.0 Å². The van der Waals surface area contributed by atoms with Crippen LogP contribution in [0.4, 0.5) is 13.6 Å². The lowest BCUT2D eigenvalue weighted by Gasteiger charge is -2.32. The van der Waals surface area contributed by atoms with Crippen LogP contribution in [0.5, 0.6) is 0 Å². The number of aliphatic hydroxyl groups is 2. The molecule has 52 heavy (non-hydrogen) atoms. The van der Waals surface area contributed by atoms with Gasteiger partial charge in [-0.05, 0) is 110 Å². The topological polar surface area (TPSA) is 145 Å². The number of methoxy groups -OCH3 is 1. The van der Waals surface area contributed by atoms with Crippen LogP contribution in [0, 0.1) is 23.5 Å². The molecule has 0 aromatic heterocycles. The van der Waals surface area contributed by atoms with Gasteiger partial charge >= 0.3 is 6.09 Å². The number of carbonyl (C=O) groups is 2. The number of halogens is 2. The van der Waals surface area contributed by atoms with Crippen molar-refractivity contribution in [3.63, 3.8) is 0 Å². The molecule has 2 amide bonds. The van der Waals surface area contributed by atoms with Gasteiger partial charge in [-0.3, -0.25) is 4.79 Å². The number of sulfonamides is 1. The van der Waals surface area contributed by atoms with E-state index in [1.54, 1.807) is 19.1 Å². The Kier molecular flexibility index (Phi) is 14.7. The normalized spacial score (nSPS) is 15.7. The third kappa shape index (κ3) is 11.0. The predicted octanol–water partition coefficient (Wildman–Crippen LogP) is 6.04. The average Bonchev–Trinajstić information content (AvgIpc) is 3.97. The van der Waals surface area contributed by atoms with E-state index in [0.717, 1.165) is 12.8 Å². The number of aliphatic hydroxyl groups excluding tert-OH is 2. The molecule has 284 valence electrons. The van der Waals surface area contributed by atoms with Crippen molar-refractivity contribution in [3.8, 4) is 0 Å². The van der Waals surface area contributed by atoms with Gasteiger partial charge in [-0.1, -0.05) is 50.2 Å². The van der Waals surface area contributed by atoms with Crippen LogP contribution < -0.4 is 10.6 Å². The van der Waals surface area contributed by atoms with E-state index in [0.29, 0.717) is 42.4 Å². The third-order valence-electron chi connectivity index (χ3n) is 9.62. The second kappa shape index (κ2) is 18.7. The van der Waals surface area contributed by atoms with E-state index in [1.165, 1.54) is 72.1 Å². The van der Waals surface area contributed by atoms with Crippen LogP contribution in [0.15, 0.2) is 77.7 Å². The molecule has 0 radical (unpaired) electrons. The number of ether oxygens (including phenoxy) is 1. The van der Waals surface area contributed by atoms with Crippen molar-refractivity contribution in [2.45, 2.75) is 94.3 Å². The summed E-state index contributed by atoms with van der Waals surface area (Å²) in [7, 11) is -2.82. The molecular weight excluding hydrogens is 693 g/mol. The molecular formula is C39H51F2N3O7S. The molecule has 0 saturated heterocycles. The van der Waals surface area contributed by atoms with Gasteiger partial charge in [-0.25, -0.2) is 22.0 Å². The Morgan fingerprint density at radius 1 is 0.846 bits per heavy atom. The van der Waals surface area contributed by atoms with Gasteiger partial charge in [0.2, 0.25) is 15.9 Å². The molecule has 13 heteroatoms. The van der Waals surface area contributed by atoms with Crippen LogP contribution in [-0.4, -0.2) is 73.3 Å². The van der Waals surface area contributed by atoms with Crippen molar-refractivity contribution in [3.05, 3.63) is 101 Å². The molecule has 0 spiro atoms. The summed E-state index contributed by atoms with van der Waals surface area (Å²) in [6.45, 7) is 5.41. The lowest BCUT2D eigenvalue weighted by Crippen LogP contribution is -2.53. The van der Waals surface area contributed by atoms with Gasteiger partial charge in [0.15, 0.2) is 0 Å². The van der Waals surface area contributed by atoms with Crippen molar-refractivity contribution in [1.29, 1.82) is 0 Å². The number of hydrogen-bond acceptors (Lipinski definition) is 7. The summed E-state index contributed by atoms with van der Waals surface area (Å²) in [6, 6.07) is 14.9. The Labute approximate surface area is 305 Å². The van der Waals surface area contributed by atoms with Crippen molar-refractivity contribution in [2.24, 2.45) is 11.8 Å². The number of hydrogen-bond donors (Lipinski definition) is 4. The molecule has 0 unspecified atom stereocenters. The van der Waals surface area contributed by atoms with E-state index in [-0.39, 0.29) is 29.3 Å². The summed E-state index contributed by atoms with van der Waals surface area (Å²) < 4.78 is 61.9. The molecule has 0 bridgehead atoms. The fraction of sp³-hybridized carbons (Fsp3) is 0.487. The summed E-state index contributed by atoms with van der Waals surface area (Å²) >= 11 is 0. The number of amides is 2. The molecule has 4 atom stereocenters. The first-order valence-electron chi connectivity index (χ1n) is 17.8. The fourth-order valence-corrected chi connectivity index (χ4v) is 8.10. The first-order chi connectivity index (χ1) is 24.7. The zero-order valence-corrected chi connectivity index (χ0v) is 31.0. The average molecular weight is 744 g/mol. The largest absolute Gasteiger partial charge is 0.453 e. The van der Waals surface area contributed by atoms with Crippen molar-refractivity contribution < 1.29 is 41.7 Å². The van der Waals surface area contributed by atoms with Gasteiger partial charge in [-0.2, -0.15) is 4.31 Å². The zero-order chi connectivity index (χ0) is 38.0. The number of benzene rings is 3. The standard InChI is InChI=1S/C39H51F2N3O7S/c1-25(2)22-23-44(52(49,50)34-20-14-27(15-21-34)26(3)46)33(24-45)6-5-7-35(28-8-9-28)42-38(47)37(43-39(48)51-4)36(29-10-16-31(40)17-11-29)30-12-18-32(41)19-13-30/h10-21,25-26,28,33,35-37,45-46H,5-9,22-24H2,1-4H3,(H,42,47)(H,43,48)/t26-,33+,35-,37+/m1/s1. The number of rotatable bonds is 19. The molecule has 0 aliphatic heterocycles. The first kappa shape index (κ1) is 40.9. The summed E-state index contributed by atoms with van der Waals surface area (Å²) in [4.78, 5) is 26.8. The van der Waals surface area contributed by atoms with Crippen molar-refractivity contribution in [1.82, 2.24) is 14.9 Å². The maximum absolute atomic E-state index is 14.2.